The number of Topliss-reactive ketones (excluding diaryl/α,β-unsaturated/α-hetero) is 1. The van der Waals surface area contributed by atoms with Crippen LogP contribution in [0.5, 0.6) is 0 Å². The molecular formula is C11H18N2O2. The van der Waals surface area contributed by atoms with Gasteiger partial charge in [-0.05, 0) is 13.8 Å². The van der Waals surface area contributed by atoms with E-state index in [0.717, 1.165) is 0 Å². The van der Waals surface area contributed by atoms with E-state index in [9.17, 15) is 9.59 Å². The molecule has 4 nitrogen and oxygen atoms in total. The largest absolute Gasteiger partial charge is 0.383 e. The molecule has 0 aliphatic carbocycles. The Morgan fingerprint density at radius 3 is 2.40 bits per heavy atom. The summed E-state index contributed by atoms with van der Waals surface area (Å²) in [7, 11) is 3.61. The summed E-state index contributed by atoms with van der Waals surface area (Å²) in [5.41, 5.74) is 0.306. The number of hydrogen-bond donors (Lipinski definition) is 0. The van der Waals surface area contributed by atoms with Crippen molar-refractivity contribution in [3.8, 4) is 0 Å². The third-order valence-electron chi connectivity index (χ3n) is 2.38. The van der Waals surface area contributed by atoms with Crippen molar-refractivity contribution in [1.82, 2.24) is 9.80 Å². The molecule has 0 atom stereocenters. The highest BCUT2D eigenvalue weighted by Crippen LogP contribution is 2.16. The summed E-state index contributed by atoms with van der Waals surface area (Å²) in [5.74, 6) is -0.194. The van der Waals surface area contributed by atoms with Gasteiger partial charge in [-0.3, -0.25) is 9.59 Å². The highest BCUT2D eigenvalue weighted by Gasteiger charge is 2.30. The first-order chi connectivity index (χ1) is 6.93. The fraction of sp³-hybridized carbons (Fsp3) is 0.636. The van der Waals surface area contributed by atoms with Gasteiger partial charge >= 0.3 is 0 Å². The van der Waals surface area contributed by atoms with Crippen LogP contribution in [0.1, 0.15) is 20.3 Å². The van der Waals surface area contributed by atoms with Gasteiger partial charge in [-0.25, -0.2) is 0 Å². The third-order valence-corrected chi connectivity index (χ3v) is 2.38. The lowest BCUT2D eigenvalue weighted by molar-refractivity contribution is -0.134. The molecule has 4 heteroatoms. The van der Waals surface area contributed by atoms with Gasteiger partial charge in [-0.1, -0.05) is 0 Å². The normalized spacial score (nSPS) is 20.3. The SMILES string of the molecule is CC(C)N1CCC(=O)/C(=C\N(C)C)C1=O. The van der Waals surface area contributed by atoms with Crippen LogP contribution in [-0.4, -0.2) is 48.2 Å². The van der Waals surface area contributed by atoms with E-state index >= 15 is 0 Å². The molecule has 1 saturated heterocycles. The number of hydrogen-bond acceptors (Lipinski definition) is 3. The molecule has 0 bridgehead atoms. The Hall–Kier alpha value is -1.32. The van der Waals surface area contributed by atoms with Gasteiger partial charge in [0.05, 0.1) is 5.57 Å². The fourth-order valence-corrected chi connectivity index (χ4v) is 1.61. The van der Waals surface area contributed by atoms with Gasteiger partial charge in [0.15, 0.2) is 5.78 Å². The zero-order valence-electron chi connectivity index (χ0n) is 9.78. The van der Waals surface area contributed by atoms with Crippen molar-refractivity contribution in [3.63, 3.8) is 0 Å². The minimum absolute atomic E-state index is 0.0504. The van der Waals surface area contributed by atoms with Gasteiger partial charge in [0.25, 0.3) is 5.91 Å². The molecule has 0 aromatic heterocycles. The van der Waals surface area contributed by atoms with E-state index < -0.39 is 0 Å². The lowest BCUT2D eigenvalue weighted by Gasteiger charge is -2.31. The lowest BCUT2D eigenvalue weighted by Crippen LogP contribution is -2.45. The molecule has 1 rings (SSSR count). The van der Waals surface area contributed by atoms with Gasteiger partial charge in [0.1, 0.15) is 0 Å². The van der Waals surface area contributed by atoms with Crippen molar-refractivity contribution in [1.29, 1.82) is 0 Å². The number of carbonyl (C=O) groups excluding carboxylic acids is 2. The molecule has 84 valence electrons. The van der Waals surface area contributed by atoms with Gasteiger partial charge in [0.2, 0.25) is 0 Å². The van der Waals surface area contributed by atoms with E-state index in [4.69, 9.17) is 0 Å². The summed E-state index contributed by atoms with van der Waals surface area (Å²) >= 11 is 0. The van der Waals surface area contributed by atoms with E-state index in [2.05, 4.69) is 0 Å². The Kier molecular flexibility index (Phi) is 3.50. The van der Waals surface area contributed by atoms with Gasteiger partial charge in [0, 0.05) is 39.3 Å². The Morgan fingerprint density at radius 1 is 1.33 bits per heavy atom. The Balaban J connectivity index is 2.94. The summed E-state index contributed by atoms with van der Waals surface area (Å²) in [6.07, 6.45) is 2.04. The average molecular weight is 210 g/mol. The van der Waals surface area contributed by atoms with E-state index in [1.807, 2.05) is 27.9 Å². The monoisotopic (exact) mass is 210 g/mol. The average Bonchev–Trinajstić information content (AvgIpc) is 2.11. The van der Waals surface area contributed by atoms with Crippen LogP contribution in [0.25, 0.3) is 0 Å². The van der Waals surface area contributed by atoms with Crippen molar-refractivity contribution in [2.24, 2.45) is 0 Å². The highest BCUT2D eigenvalue weighted by molar-refractivity contribution is 6.20. The smallest absolute Gasteiger partial charge is 0.259 e. The number of likely N-dealkylation sites (tertiary alicyclic amines) is 1. The molecular weight excluding hydrogens is 192 g/mol. The second kappa shape index (κ2) is 4.47. The zero-order valence-corrected chi connectivity index (χ0v) is 9.78. The molecule has 1 aliphatic heterocycles. The number of amides is 1. The van der Waals surface area contributed by atoms with E-state index in [-0.39, 0.29) is 17.7 Å². The third kappa shape index (κ3) is 2.58. The molecule has 1 heterocycles. The molecule has 0 N–H and O–H groups in total. The minimum atomic E-state index is -0.144. The molecule has 1 amide bonds. The second-order valence-corrected chi connectivity index (χ2v) is 4.27. The predicted octanol–water partition coefficient (Wildman–Crippen LogP) is 0.642. The number of carbonyl (C=O) groups is 2. The van der Waals surface area contributed by atoms with Crippen molar-refractivity contribution in [2.75, 3.05) is 20.6 Å². The quantitative estimate of drug-likeness (QED) is 0.496. The molecule has 0 aromatic rings. The van der Waals surface area contributed by atoms with E-state index in [1.54, 1.807) is 16.0 Å². The first-order valence-electron chi connectivity index (χ1n) is 5.16. The van der Waals surface area contributed by atoms with Gasteiger partial charge < -0.3 is 9.80 Å². The molecule has 0 saturated carbocycles. The van der Waals surface area contributed by atoms with E-state index in [0.29, 0.717) is 18.5 Å². The maximum atomic E-state index is 11.9. The maximum absolute atomic E-state index is 11.9. The summed E-state index contributed by atoms with van der Waals surface area (Å²) in [5, 5.41) is 0. The second-order valence-electron chi connectivity index (χ2n) is 4.27. The number of ketones is 1. The molecule has 0 aromatic carbocycles. The standard InChI is InChI=1S/C11H18N2O2/c1-8(2)13-6-5-10(14)9(11(13)15)7-12(3)4/h7-8H,5-6H2,1-4H3/b9-7+. The van der Waals surface area contributed by atoms with Crippen molar-refractivity contribution < 1.29 is 9.59 Å². The first kappa shape index (κ1) is 11.8. The molecule has 1 fully saturated rings. The summed E-state index contributed by atoms with van der Waals surface area (Å²) in [6, 6.07) is 0.149. The van der Waals surface area contributed by atoms with E-state index in [1.165, 1.54) is 0 Å². The fourth-order valence-electron chi connectivity index (χ4n) is 1.61. The molecule has 15 heavy (non-hydrogen) atoms. The first-order valence-corrected chi connectivity index (χ1v) is 5.16. The Morgan fingerprint density at radius 2 is 1.93 bits per heavy atom. The van der Waals surface area contributed by atoms with Crippen molar-refractivity contribution in [2.45, 2.75) is 26.3 Å². The van der Waals surface area contributed by atoms with Gasteiger partial charge in [-0.2, -0.15) is 0 Å². The van der Waals surface area contributed by atoms with Crippen molar-refractivity contribution in [3.05, 3.63) is 11.8 Å². The van der Waals surface area contributed by atoms with Crippen LogP contribution >= 0.6 is 0 Å². The number of piperidine rings is 1. The van der Waals surface area contributed by atoms with Crippen molar-refractivity contribution >= 4 is 11.7 Å². The molecule has 0 spiro atoms. The van der Waals surface area contributed by atoms with Crippen LogP contribution in [-0.2, 0) is 9.59 Å². The molecule has 1 aliphatic rings. The predicted molar refractivity (Wildman–Crippen MR) is 58.2 cm³/mol. The van der Waals surface area contributed by atoms with Crippen LogP contribution < -0.4 is 0 Å². The number of rotatable bonds is 2. The maximum Gasteiger partial charge on any atom is 0.259 e. The highest BCUT2D eigenvalue weighted by atomic mass is 16.2. The lowest BCUT2D eigenvalue weighted by atomic mass is 10.0. The Labute approximate surface area is 90.5 Å². The molecule has 0 radical (unpaired) electrons. The van der Waals surface area contributed by atoms with Crippen LogP contribution in [0.2, 0.25) is 0 Å². The summed E-state index contributed by atoms with van der Waals surface area (Å²) in [4.78, 5) is 27.0. The zero-order chi connectivity index (χ0) is 11.6. The summed E-state index contributed by atoms with van der Waals surface area (Å²) < 4.78 is 0. The van der Waals surface area contributed by atoms with Crippen LogP contribution in [0, 0.1) is 0 Å². The summed E-state index contributed by atoms with van der Waals surface area (Å²) in [6.45, 7) is 4.46. The van der Waals surface area contributed by atoms with Crippen LogP contribution in [0.4, 0.5) is 0 Å². The van der Waals surface area contributed by atoms with Gasteiger partial charge in [-0.15, -0.1) is 0 Å². The molecule has 0 unspecified atom stereocenters. The Bertz CT molecular complexity index is 306. The topological polar surface area (TPSA) is 40.6 Å². The minimum Gasteiger partial charge on any atom is -0.383 e. The number of nitrogens with zero attached hydrogens (tertiary/aromatic N) is 2. The van der Waals surface area contributed by atoms with Crippen LogP contribution in [0.3, 0.4) is 0 Å². The van der Waals surface area contributed by atoms with Crippen LogP contribution in [0.15, 0.2) is 11.8 Å².